The molecule has 1 aromatic carbocycles. The molecule has 3 heteroatoms. The van der Waals surface area contributed by atoms with Crippen molar-refractivity contribution in [1.29, 1.82) is 0 Å². The largest absolute Gasteiger partial charge is 0.360 e. The molecule has 1 aromatic rings. The Morgan fingerprint density at radius 3 is 2.54 bits per heavy atom. The second-order valence-electron chi connectivity index (χ2n) is 3.35. The summed E-state index contributed by atoms with van der Waals surface area (Å²) < 4.78 is 1.31. The molecule has 0 saturated carbocycles. The van der Waals surface area contributed by atoms with Gasteiger partial charge in [-0.3, -0.25) is 0 Å². The van der Waals surface area contributed by atoms with Gasteiger partial charge in [-0.15, -0.1) is 0 Å². The molecule has 0 bridgehead atoms. The summed E-state index contributed by atoms with van der Waals surface area (Å²) in [6.45, 7) is 2.21. The molecule has 1 rings (SSSR count). The molecule has 13 heavy (non-hydrogen) atoms. The summed E-state index contributed by atoms with van der Waals surface area (Å²) in [5, 5.41) is 3.25. The number of rotatable bonds is 4. The fraction of sp³-hybridized carbons (Fsp3) is 0.400. The average Bonchev–Trinajstić information content (AvgIpc) is 2.16. The van der Waals surface area contributed by atoms with Crippen molar-refractivity contribution in [3.8, 4) is 0 Å². The van der Waals surface area contributed by atoms with Crippen LogP contribution in [0.4, 0.5) is 0 Å². The van der Waals surface area contributed by atoms with E-state index in [0.29, 0.717) is 6.04 Å². The van der Waals surface area contributed by atoms with Crippen molar-refractivity contribution in [2.45, 2.75) is 25.8 Å². The molecule has 0 aliphatic carbocycles. The first-order chi connectivity index (χ1) is 6.22. The molecule has 0 saturated heterocycles. The number of aryl methyl sites for hydroxylation is 1. The molecule has 0 fully saturated rings. The van der Waals surface area contributed by atoms with Crippen LogP contribution in [0.1, 0.15) is 18.9 Å². The smallest absolute Gasteiger partial charge is 0.182 e. The van der Waals surface area contributed by atoms with E-state index in [1.165, 1.54) is 22.0 Å². The zero-order chi connectivity index (χ0) is 9.68. The van der Waals surface area contributed by atoms with Gasteiger partial charge < -0.3 is 5.23 Å². The number of halogens is 1. The third-order valence-corrected chi connectivity index (χ3v) is 2.99. The second-order valence-corrected chi connectivity index (χ2v) is 4.60. The molecule has 0 radical (unpaired) electrons. The van der Waals surface area contributed by atoms with Crippen LogP contribution in [0.2, 0.25) is 0 Å². The van der Waals surface area contributed by atoms with Gasteiger partial charge in [0.2, 0.25) is 0 Å². The zero-order valence-corrected chi connectivity index (χ0v) is 10.3. The van der Waals surface area contributed by atoms with Crippen molar-refractivity contribution in [2.24, 2.45) is 0 Å². The quantitative estimate of drug-likeness (QED) is 0.657. The normalized spacial score (nSPS) is 12.8. The highest BCUT2D eigenvalue weighted by atomic mass is 127. The lowest BCUT2D eigenvalue weighted by Crippen LogP contribution is -2.23. The van der Waals surface area contributed by atoms with Gasteiger partial charge in [-0.2, -0.15) is 0 Å². The van der Waals surface area contributed by atoms with Crippen molar-refractivity contribution in [3.05, 3.63) is 33.4 Å². The van der Waals surface area contributed by atoms with E-state index in [9.17, 15) is 0 Å². The van der Waals surface area contributed by atoms with Gasteiger partial charge in [0.15, 0.2) is 7.98 Å². The van der Waals surface area contributed by atoms with Gasteiger partial charge in [-0.1, -0.05) is 19.1 Å². The van der Waals surface area contributed by atoms with E-state index >= 15 is 0 Å². The average molecular weight is 287 g/mol. The van der Waals surface area contributed by atoms with Gasteiger partial charge in [0, 0.05) is 3.57 Å². The Morgan fingerprint density at radius 1 is 1.38 bits per heavy atom. The van der Waals surface area contributed by atoms with E-state index in [1.807, 2.05) is 7.98 Å². The van der Waals surface area contributed by atoms with Crippen LogP contribution in [0, 0.1) is 3.57 Å². The van der Waals surface area contributed by atoms with Crippen LogP contribution in [-0.2, 0) is 6.42 Å². The van der Waals surface area contributed by atoms with E-state index in [2.05, 4.69) is 59.0 Å². The molecular weight excluding hydrogens is 272 g/mol. The van der Waals surface area contributed by atoms with Crippen molar-refractivity contribution >= 4 is 30.6 Å². The van der Waals surface area contributed by atoms with Gasteiger partial charge in [-0.25, -0.2) is 0 Å². The van der Waals surface area contributed by atoms with Gasteiger partial charge in [-0.05, 0) is 59.2 Å². The molecule has 0 amide bonds. The third-order valence-electron chi connectivity index (χ3n) is 2.27. The predicted molar refractivity (Wildman–Crippen MR) is 68.6 cm³/mol. The van der Waals surface area contributed by atoms with Crippen LogP contribution in [0.15, 0.2) is 24.3 Å². The first kappa shape index (κ1) is 11.1. The number of benzene rings is 1. The first-order valence-corrected chi connectivity index (χ1v) is 5.72. The van der Waals surface area contributed by atoms with Crippen molar-refractivity contribution in [2.75, 3.05) is 0 Å². The maximum absolute atomic E-state index is 3.25. The predicted octanol–water partition coefficient (Wildman–Crippen LogP) is 1.75. The highest BCUT2D eigenvalue weighted by Crippen LogP contribution is 2.09. The molecule has 1 nitrogen and oxygen atoms in total. The maximum atomic E-state index is 3.25. The number of hydrogen-bond donors (Lipinski definition) is 1. The molecule has 0 aliphatic heterocycles. The Hall–Kier alpha value is -0.0251. The molecule has 70 valence electrons. The minimum absolute atomic E-state index is 0.610. The standard InChI is InChI=1S/C10H15BIN/c1-8(13-11)2-3-9-4-6-10(12)7-5-9/h4-8,13H,2-3,11H2,1H3. The Kier molecular flexibility index (Phi) is 4.81. The molecule has 0 spiro atoms. The maximum Gasteiger partial charge on any atom is 0.182 e. The number of nitrogens with one attached hydrogen (secondary N) is 1. The van der Waals surface area contributed by atoms with Crippen LogP contribution in [0.25, 0.3) is 0 Å². The lowest BCUT2D eigenvalue weighted by Gasteiger charge is -2.09. The highest BCUT2D eigenvalue weighted by Gasteiger charge is 1.98. The SMILES string of the molecule is BNC(C)CCc1ccc(I)cc1. The highest BCUT2D eigenvalue weighted by molar-refractivity contribution is 14.1. The fourth-order valence-corrected chi connectivity index (χ4v) is 1.54. The Labute approximate surface area is 94.9 Å². The van der Waals surface area contributed by atoms with Gasteiger partial charge in [0.1, 0.15) is 0 Å². The van der Waals surface area contributed by atoms with E-state index in [1.54, 1.807) is 0 Å². The van der Waals surface area contributed by atoms with Crippen LogP contribution >= 0.6 is 22.6 Å². The first-order valence-electron chi connectivity index (χ1n) is 4.64. The molecule has 0 aromatic heterocycles. The molecule has 1 unspecified atom stereocenters. The van der Waals surface area contributed by atoms with E-state index in [4.69, 9.17) is 0 Å². The van der Waals surface area contributed by atoms with Crippen LogP contribution in [-0.4, -0.2) is 14.0 Å². The van der Waals surface area contributed by atoms with E-state index < -0.39 is 0 Å². The molecular formula is C10H15BIN. The molecule has 1 N–H and O–H groups in total. The van der Waals surface area contributed by atoms with Gasteiger partial charge in [0.05, 0.1) is 0 Å². The lowest BCUT2D eigenvalue weighted by atomic mass is 10.1. The van der Waals surface area contributed by atoms with Crippen LogP contribution < -0.4 is 5.23 Å². The topological polar surface area (TPSA) is 12.0 Å². The third kappa shape index (κ3) is 4.14. The monoisotopic (exact) mass is 287 g/mol. The Bertz CT molecular complexity index is 248. The zero-order valence-electron chi connectivity index (χ0n) is 8.18. The van der Waals surface area contributed by atoms with E-state index in [-0.39, 0.29) is 0 Å². The molecule has 0 heterocycles. The summed E-state index contributed by atoms with van der Waals surface area (Å²) in [7, 11) is 2.01. The lowest BCUT2D eigenvalue weighted by molar-refractivity contribution is 0.622. The summed E-state index contributed by atoms with van der Waals surface area (Å²) in [6, 6.07) is 9.37. The second kappa shape index (κ2) is 5.65. The summed E-state index contributed by atoms with van der Waals surface area (Å²) in [4.78, 5) is 0. The molecule has 1 atom stereocenters. The van der Waals surface area contributed by atoms with E-state index in [0.717, 1.165) is 0 Å². The minimum Gasteiger partial charge on any atom is -0.360 e. The number of hydrogen-bond acceptors (Lipinski definition) is 1. The summed E-state index contributed by atoms with van der Waals surface area (Å²) in [5.74, 6) is 0. The Balaban J connectivity index is 2.41. The summed E-state index contributed by atoms with van der Waals surface area (Å²) in [6.07, 6.45) is 2.37. The van der Waals surface area contributed by atoms with Gasteiger partial charge in [0.25, 0.3) is 0 Å². The summed E-state index contributed by atoms with van der Waals surface area (Å²) in [5.41, 5.74) is 1.43. The van der Waals surface area contributed by atoms with Crippen molar-refractivity contribution in [3.63, 3.8) is 0 Å². The Morgan fingerprint density at radius 2 is 2.00 bits per heavy atom. The summed E-state index contributed by atoms with van der Waals surface area (Å²) >= 11 is 2.33. The van der Waals surface area contributed by atoms with Crippen molar-refractivity contribution < 1.29 is 0 Å². The van der Waals surface area contributed by atoms with Crippen LogP contribution in [0.5, 0.6) is 0 Å². The van der Waals surface area contributed by atoms with Crippen molar-refractivity contribution in [1.82, 2.24) is 5.23 Å². The minimum atomic E-state index is 0.610. The van der Waals surface area contributed by atoms with Gasteiger partial charge >= 0.3 is 0 Å². The fourth-order valence-electron chi connectivity index (χ4n) is 1.18. The molecule has 0 aliphatic rings. The van der Waals surface area contributed by atoms with Crippen LogP contribution in [0.3, 0.4) is 0 Å².